The first-order valence-electron chi connectivity index (χ1n) is 23.1. The molecule has 0 bridgehead atoms. The third-order valence-electron chi connectivity index (χ3n) is 10.7. The maximum Gasteiger partial charge on any atom is 0.306 e. The second-order valence-electron chi connectivity index (χ2n) is 15.9. The third kappa shape index (κ3) is 41.5. The molecule has 1 N–H and O–H groups in total. The second-order valence-corrected chi connectivity index (χ2v) is 15.9. The van der Waals surface area contributed by atoms with Gasteiger partial charge in [0.15, 0.2) is 6.10 Å². The van der Waals surface area contributed by atoms with Crippen LogP contribution in [-0.2, 0) is 19.1 Å². The van der Waals surface area contributed by atoms with Crippen LogP contribution in [0, 0.1) is 0 Å². The Balaban J connectivity index is 3.43. The minimum Gasteiger partial charge on any atom is -0.462 e. The molecule has 0 aliphatic rings. The van der Waals surface area contributed by atoms with Crippen molar-refractivity contribution < 1.29 is 24.2 Å². The van der Waals surface area contributed by atoms with Gasteiger partial charge < -0.3 is 14.6 Å². The number of unbranched alkanes of at least 4 members (excludes halogenated alkanes) is 35. The molecule has 5 heteroatoms. The van der Waals surface area contributed by atoms with Crippen molar-refractivity contribution in [2.75, 3.05) is 13.2 Å². The lowest BCUT2D eigenvalue weighted by molar-refractivity contribution is -0.161. The van der Waals surface area contributed by atoms with Gasteiger partial charge in [-0.25, -0.2) is 0 Å². The molecule has 0 radical (unpaired) electrons. The molecule has 0 aromatic rings. The number of carbonyl (C=O) groups is 2. The summed E-state index contributed by atoms with van der Waals surface area (Å²) in [7, 11) is 0. The highest BCUT2D eigenvalue weighted by Gasteiger charge is 2.16. The first kappa shape index (κ1) is 49.9. The van der Waals surface area contributed by atoms with Gasteiger partial charge in [-0.05, 0) is 12.8 Å². The van der Waals surface area contributed by atoms with E-state index in [0.29, 0.717) is 12.8 Å². The van der Waals surface area contributed by atoms with Crippen molar-refractivity contribution in [3.63, 3.8) is 0 Å². The number of carbonyl (C=O) groups excluding carboxylic acids is 2. The van der Waals surface area contributed by atoms with Gasteiger partial charge in [-0.3, -0.25) is 9.59 Å². The number of ether oxygens (including phenoxy) is 2. The molecule has 0 fully saturated rings. The van der Waals surface area contributed by atoms with Crippen molar-refractivity contribution in [1.82, 2.24) is 0 Å². The van der Waals surface area contributed by atoms with Gasteiger partial charge in [-0.1, -0.05) is 239 Å². The van der Waals surface area contributed by atoms with Gasteiger partial charge in [0.1, 0.15) is 6.61 Å². The molecule has 0 spiro atoms. The molecular formula is C46H90O5. The number of esters is 2. The van der Waals surface area contributed by atoms with Crippen LogP contribution in [0.2, 0.25) is 0 Å². The van der Waals surface area contributed by atoms with Crippen LogP contribution < -0.4 is 0 Å². The summed E-state index contributed by atoms with van der Waals surface area (Å²) in [4.78, 5) is 24.3. The predicted octanol–water partition coefficient (Wildman–Crippen LogP) is 14.7. The largest absolute Gasteiger partial charge is 0.462 e. The molecule has 304 valence electrons. The maximum atomic E-state index is 12.2. The smallest absolute Gasteiger partial charge is 0.306 e. The Kier molecular flexibility index (Phi) is 42.4. The summed E-state index contributed by atoms with van der Waals surface area (Å²) in [6.45, 7) is 4.18. The van der Waals surface area contributed by atoms with Crippen molar-refractivity contribution in [2.24, 2.45) is 0 Å². The van der Waals surface area contributed by atoms with Gasteiger partial charge in [0, 0.05) is 12.8 Å². The third-order valence-corrected chi connectivity index (χ3v) is 10.7. The number of aliphatic hydroxyl groups is 1. The Morgan fingerprint density at radius 3 is 0.863 bits per heavy atom. The minimum atomic E-state index is -0.762. The molecule has 51 heavy (non-hydrogen) atoms. The van der Waals surface area contributed by atoms with E-state index in [-0.39, 0.29) is 25.2 Å². The van der Waals surface area contributed by atoms with Crippen molar-refractivity contribution in [3.8, 4) is 0 Å². The Morgan fingerprint density at radius 2 is 0.608 bits per heavy atom. The molecule has 0 saturated heterocycles. The fourth-order valence-electron chi connectivity index (χ4n) is 7.15. The summed E-state index contributed by atoms with van der Waals surface area (Å²) in [6.07, 6.45) is 49.0. The highest BCUT2D eigenvalue weighted by Crippen LogP contribution is 2.17. The zero-order valence-electron chi connectivity index (χ0n) is 34.6. The van der Waals surface area contributed by atoms with Gasteiger partial charge in [0.2, 0.25) is 0 Å². The van der Waals surface area contributed by atoms with Crippen molar-refractivity contribution in [1.29, 1.82) is 0 Å². The monoisotopic (exact) mass is 723 g/mol. The predicted molar refractivity (Wildman–Crippen MR) is 219 cm³/mol. The molecule has 0 amide bonds. The highest BCUT2D eigenvalue weighted by atomic mass is 16.6. The standard InChI is InChI=1S/C46H90O5/c1-3-5-7-9-11-13-15-17-19-20-21-22-23-24-25-26-27-29-31-33-35-37-39-41-46(49)51-44(42-47)43-50-45(48)40-38-36-34-32-30-28-18-16-14-12-10-8-6-4-2/h44,47H,3-43H2,1-2H3/t44-/m0/s1. The van der Waals surface area contributed by atoms with Crippen LogP contribution in [0.25, 0.3) is 0 Å². The molecule has 0 aromatic heterocycles. The summed E-state index contributed by atoms with van der Waals surface area (Å²) in [5.74, 6) is -0.571. The number of aliphatic hydroxyl groups excluding tert-OH is 1. The Bertz CT molecular complexity index is 695. The minimum absolute atomic E-state index is 0.0565. The fraction of sp³-hybridized carbons (Fsp3) is 0.957. The normalized spacial score (nSPS) is 12.0. The Labute approximate surface area is 319 Å². The maximum absolute atomic E-state index is 12.2. The fourth-order valence-corrected chi connectivity index (χ4v) is 7.15. The van der Waals surface area contributed by atoms with Gasteiger partial charge in [-0.15, -0.1) is 0 Å². The van der Waals surface area contributed by atoms with E-state index in [4.69, 9.17) is 9.47 Å². The number of hydrogen-bond donors (Lipinski definition) is 1. The highest BCUT2D eigenvalue weighted by molar-refractivity contribution is 5.70. The van der Waals surface area contributed by atoms with E-state index < -0.39 is 6.10 Å². The first-order valence-corrected chi connectivity index (χ1v) is 23.1. The van der Waals surface area contributed by atoms with Gasteiger partial charge in [-0.2, -0.15) is 0 Å². The topological polar surface area (TPSA) is 72.8 Å². The SMILES string of the molecule is CCCCCCCCCCCCCCCCCCCCCCCCCC(=O)O[C@@H](CO)COC(=O)CCCCCCCCCCCCCCCC. The molecule has 5 nitrogen and oxygen atoms in total. The first-order chi connectivity index (χ1) is 25.1. The van der Waals surface area contributed by atoms with E-state index in [2.05, 4.69) is 13.8 Å². The van der Waals surface area contributed by atoms with Gasteiger partial charge in [0.05, 0.1) is 6.61 Å². The molecule has 0 aliphatic carbocycles. The summed E-state index contributed by atoms with van der Waals surface area (Å²) < 4.78 is 10.6. The molecule has 0 heterocycles. The summed E-state index contributed by atoms with van der Waals surface area (Å²) in [6, 6.07) is 0. The summed E-state index contributed by atoms with van der Waals surface area (Å²) in [5, 5.41) is 9.58. The molecule has 0 aromatic carbocycles. The zero-order valence-corrected chi connectivity index (χ0v) is 34.6. The lowest BCUT2D eigenvalue weighted by Gasteiger charge is -2.15. The lowest BCUT2D eigenvalue weighted by Crippen LogP contribution is -2.28. The van der Waals surface area contributed by atoms with E-state index in [1.54, 1.807) is 0 Å². The average molecular weight is 723 g/mol. The molecule has 1 atom stereocenters. The van der Waals surface area contributed by atoms with E-state index >= 15 is 0 Å². The number of rotatable bonds is 43. The number of hydrogen-bond acceptors (Lipinski definition) is 5. The van der Waals surface area contributed by atoms with E-state index in [0.717, 1.165) is 32.1 Å². The van der Waals surface area contributed by atoms with Crippen molar-refractivity contribution in [2.45, 2.75) is 270 Å². The van der Waals surface area contributed by atoms with E-state index in [9.17, 15) is 14.7 Å². The quantitative estimate of drug-likeness (QED) is 0.0501. The van der Waals surface area contributed by atoms with Crippen LogP contribution in [-0.4, -0.2) is 36.4 Å². The van der Waals surface area contributed by atoms with E-state index in [1.165, 1.54) is 205 Å². The second kappa shape index (κ2) is 43.3. The average Bonchev–Trinajstić information content (AvgIpc) is 3.13. The van der Waals surface area contributed by atoms with Crippen LogP contribution in [0.5, 0.6) is 0 Å². The molecule has 0 saturated carbocycles. The van der Waals surface area contributed by atoms with Crippen LogP contribution in [0.3, 0.4) is 0 Å². The zero-order chi connectivity index (χ0) is 37.1. The van der Waals surface area contributed by atoms with Crippen molar-refractivity contribution in [3.05, 3.63) is 0 Å². The van der Waals surface area contributed by atoms with Crippen LogP contribution in [0.4, 0.5) is 0 Å². The van der Waals surface area contributed by atoms with Gasteiger partial charge >= 0.3 is 11.9 Å². The van der Waals surface area contributed by atoms with Crippen molar-refractivity contribution >= 4 is 11.9 Å². The molecular weight excluding hydrogens is 633 g/mol. The van der Waals surface area contributed by atoms with E-state index in [1.807, 2.05) is 0 Å². The Morgan fingerprint density at radius 1 is 0.373 bits per heavy atom. The van der Waals surface area contributed by atoms with Crippen LogP contribution in [0.1, 0.15) is 264 Å². The summed E-state index contributed by atoms with van der Waals surface area (Å²) in [5.41, 5.74) is 0. The Hall–Kier alpha value is -1.10. The molecule has 0 aliphatic heterocycles. The van der Waals surface area contributed by atoms with Gasteiger partial charge in [0.25, 0.3) is 0 Å². The van der Waals surface area contributed by atoms with Crippen LogP contribution >= 0.6 is 0 Å². The molecule has 0 rings (SSSR count). The van der Waals surface area contributed by atoms with Crippen LogP contribution in [0.15, 0.2) is 0 Å². The molecule has 0 unspecified atom stereocenters. The lowest BCUT2D eigenvalue weighted by atomic mass is 10.0. The summed E-state index contributed by atoms with van der Waals surface area (Å²) >= 11 is 0.